The lowest BCUT2D eigenvalue weighted by atomic mass is 10.1. The number of hydrogen-bond donors (Lipinski definition) is 2. The number of rotatable bonds is 4. The lowest BCUT2D eigenvalue weighted by Crippen LogP contribution is -2.35. The molecule has 1 aliphatic rings. The number of nitrogens with zero attached hydrogens (tertiary/aromatic N) is 1. The lowest BCUT2D eigenvalue weighted by molar-refractivity contribution is -0.121. The van der Waals surface area contributed by atoms with Gasteiger partial charge in [0.1, 0.15) is 6.04 Å². The highest BCUT2D eigenvalue weighted by Gasteiger charge is 2.40. The van der Waals surface area contributed by atoms with E-state index < -0.39 is 17.9 Å². The number of carbonyl (C=O) groups excluding carboxylic acids is 2. The average Bonchev–Trinajstić information content (AvgIpc) is 2.86. The van der Waals surface area contributed by atoms with Gasteiger partial charge in [0.2, 0.25) is 5.91 Å². The smallest absolute Gasteiger partial charge is 0.335 e. The molecule has 0 unspecified atom stereocenters. The van der Waals surface area contributed by atoms with E-state index in [0.29, 0.717) is 16.4 Å². The first-order valence-electron chi connectivity index (χ1n) is 7.70. The second-order valence-electron chi connectivity index (χ2n) is 5.90. The average molecular weight is 393 g/mol. The third-order valence-corrected chi connectivity index (χ3v) is 4.86. The molecule has 1 aliphatic heterocycles. The van der Waals surface area contributed by atoms with Crippen LogP contribution < -0.4 is 10.2 Å². The number of carboxylic acid groups (broad SMARTS) is 1. The molecule has 134 valence electrons. The second-order valence-corrected chi connectivity index (χ2v) is 6.72. The van der Waals surface area contributed by atoms with Crippen molar-refractivity contribution in [3.63, 3.8) is 0 Å². The highest BCUT2D eigenvalue weighted by Crippen LogP contribution is 2.31. The van der Waals surface area contributed by atoms with Crippen LogP contribution in [0.5, 0.6) is 0 Å². The molecule has 0 aliphatic carbocycles. The van der Waals surface area contributed by atoms with Crippen LogP contribution in [0.2, 0.25) is 10.0 Å². The van der Waals surface area contributed by atoms with E-state index in [1.54, 1.807) is 19.1 Å². The number of imide groups is 1. The van der Waals surface area contributed by atoms with Crippen molar-refractivity contribution >= 4 is 52.4 Å². The van der Waals surface area contributed by atoms with Crippen LogP contribution in [0.3, 0.4) is 0 Å². The van der Waals surface area contributed by atoms with Crippen molar-refractivity contribution in [2.75, 3.05) is 10.2 Å². The van der Waals surface area contributed by atoms with Crippen LogP contribution in [0.4, 0.5) is 11.4 Å². The summed E-state index contributed by atoms with van der Waals surface area (Å²) < 4.78 is 0. The van der Waals surface area contributed by atoms with Crippen molar-refractivity contribution < 1.29 is 19.5 Å². The Morgan fingerprint density at radius 1 is 1.15 bits per heavy atom. The molecule has 3 rings (SSSR count). The number of nitrogens with one attached hydrogen (secondary N) is 1. The minimum Gasteiger partial charge on any atom is -0.478 e. The van der Waals surface area contributed by atoms with E-state index in [1.165, 1.54) is 24.3 Å². The Labute approximate surface area is 159 Å². The number of anilines is 2. The minimum atomic E-state index is -1.07. The molecule has 0 spiro atoms. The molecular formula is C18H14Cl2N2O4. The van der Waals surface area contributed by atoms with Crippen LogP contribution in [0.1, 0.15) is 22.3 Å². The highest BCUT2D eigenvalue weighted by atomic mass is 35.5. The van der Waals surface area contributed by atoms with Gasteiger partial charge in [0.25, 0.3) is 5.91 Å². The first-order valence-corrected chi connectivity index (χ1v) is 8.46. The zero-order valence-corrected chi connectivity index (χ0v) is 15.1. The van der Waals surface area contributed by atoms with Crippen LogP contribution in [-0.2, 0) is 9.59 Å². The number of benzene rings is 2. The molecule has 0 aromatic heterocycles. The summed E-state index contributed by atoms with van der Waals surface area (Å²) in [6, 6.07) is 8.29. The summed E-state index contributed by atoms with van der Waals surface area (Å²) in [4.78, 5) is 37.2. The van der Waals surface area contributed by atoms with E-state index in [2.05, 4.69) is 5.32 Å². The predicted molar refractivity (Wildman–Crippen MR) is 99.1 cm³/mol. The summed E-state index contributed by atoms with van der Waals surface area (Å²) in [7, 11) is 0. The minimum absolute atomic E-state index is 0.0458. The number of carbonyl (C=O) groups is 3. The van der Waals surface area contributed by atoms with Gasteiger partial charge in [-0.25, -0.2) is 9.69 Å². The monoisotopic (exact) mass is 392 g/mol. The molecule has 6 nitrogen and oxygen atoms in total. The standard InChI is InChI=1S/C18H14Cl2N2O4/c1-9-2-3-10(18(25)26)6-14(9)21-15-8-16(23)22(17(15)24)11-4-5-12(19)13(20)7-11/h2-7,15,21H,8H2,1H3,(H,25,26)/t15-/m0/s1. The zero-order chi connectivity index (χ0) is 19.0. The molecule has 0 bridgehead atoms. The molecular weight excluding hydrogens is 379 g/mol. The fraction of sp³-hybridized carbons (Fsp3) is 0.167. The van der Waals surface area contributed by atoms with Crippen molar-refractivity contribution in [1.82, 2.24) is 0 Å². The van der Waals surface area contributed by atoms with E-state index in [9.17, 15) is 14.4 Å². The molecule has 1 atom stereocenters. The molecule has 2 amide bonds. The molecule has 1 fully saturated rings. The lowest BCUT2D eigenvalue weighted by Gasteiger charge is -2.17. The van der Waals surface area contributed by atoms with Crippen molar-refractivity contribution in [3.05, 3.63) is 57.6 Å². The van der Waals surface area contributed by atoms with Crippen molar-refractivity contribution in [2.24, 2.45) is 0 Å². The third kappa shape index (κ3) is 3.38. The first-order chi connectivity index (χ1) is 12.3. The van der Waals surface area contributed by atoms with Gasteiger partial charge in [-0.05, 0) is 42.8 Å². The van der Waals surface area contributed by atoms with Gasteiger partial charge >= 0.3 is 5.97 Å². The van der Waals surface area contributed by atoms with E-state index in [1.807, 2.05) is 0 Å². The fourth-order valence-corrected chi connectivity index (χ4v) is 3.03. The molecule has 2 N–H and O–H groups in total. The Hall–Kier alpha value is -2.57. The number of amides is 2. The van der Waals surface area contributed by atoms with Gasteiger partial charge in [-0.2, -0.15) is 0 Å². The number of aromatic carboxylic acids is 1. The molecule has 2 aromatic rings. The van der Waals surface area contributed by atoms with Crippen LogP contribution >= 0.6 is 23.2 Å². The quantitative estimate of drug-likeness (QED) is 0.773. The van der Waals surface area contributed by atoms with E-state index in [-0.39, 0.29) is 22.9 Å². The van der Waals surface area contributed by atoms with Gasteiger partial charge in [-0.1, -0.05) is 29.3 Å². The number of hydrogen-bond acceptors (Lipinski definition) is 4. The molecule has 0 radical (unpaired) electrons. The summed E-state index contributed by atoms with van der Waals surface area (Å²) in [5.41, 5.74) is 1.70. The maximum atomic E-state index is 12.7. The highest BCUT2D eigenvalue weighted by molar-refractivity contribution is 6.42. The molecule has 1 saturated heterocycles. The molecule has 26 heavy (non-hydrogen) atoms. The van der Waals surface area contributed by atoms with Crippen molar-refractivity contribution in [3.8, 4) is 0 Å². The Bertz CT molecular complexity index is 929. The summed E-state index contributed by atoms with van der Waals surface area (Å²) >= 11 is 11.8. The number of carboxylic acids is 1. The summed E-state index contributed by atoms with van der Waals surface area (Å²) in [6.07, 6.45) is -0.0458. The van der Waals surface area contributed by atoms with Crippen molar-refractivity contribution in [1.29, 1.82) is 0 Å². The van der Waals surface area contributed by atoms with Crippen LogP contribution in [0, 0.1) is 6.92 Å². The molecule has 2 aromatic carbocycles. The van der Waals surface area contributed by atoms with Crippen LogP contribution in [0.25, 0.3) is 0 Å². The topological polar surface area (TPSA) is 86.7 Å². The molecule has 8 heteroatoms. The Kier molecular flexibility index (Phi) is 4.89. The Morgan fingerprint density at radius 3 is 2.54 bits per heavy atom. The van der Waals surface area contributed by atoms with Gasteiger partial charge in [0.15, 0.2) is 0 Å². The number of aryl methyl sites for hydroxylation is 1. The van der Waals surface area contributed by atoms with Crippen LogP contribution in [0.15, 0.2) is 36.4 Å². The zero-order valence-electron chi connectivity index (χ0n) is 13.6. The fourth-order valence-electron chi connectivity index (χ4n) is 2.74. The maximum Gasteiger partial charge on any atom is 0.335 e. The predicted octanol–water partition coefficient (Wildman–Crippen LogP) is 3.74. The largest absolute Gasteiger partial charge is 0.478 e. The summed E-state index contributed by atoms with van der Waals surface area (Å²) in [6.45, 7) is 1.78. The Balaban J connectivity index is 1.86. The van der Waals surface area contributed by atoms with Gasteiger partial charge in [0, 0.05) is 5.69 Å². The van der Waals surface area contributed by atoms with Crippen LogP contribution in [-0.4, -0.2) is 28.9 Å². The SMILES string of the molecule is Cc1ccc(C(=O)O)cc1N[C@H]1CC(=O)N(c2ccc(Cl)c(Cl)c2)C1=O. The van der Waals surface area contributed by atoms with Gasteiger partial charge in [0.05, 0.1) is 27.7 Å². The van der Waals surface area contributed by atoms with E-state index in [4.69, 9.17) is 28.3 Å². The normalized spacial score (nSPS) is 16.9. The number of halogens is 2. The van der Waals surface area contributed by atoms with Gasteiger partial charge in [-0.3, -0.25) is 9.59 Å². The van der Waals surface area contributed by atoms with Gasteiger partial charge < -0.3 is 10.4 Å². The Morgan fingerprint density at radius 2 is 1.88 bits per heavy atom. The van der Waals surface area contributed by atoms with E-state index in [0.717, 1.165) is 10.5 Å². The summed E-state index contributed by atoms with van der Waals surface area (Å²) in [5, 5.41) is 12.7. The maximum absolute atomic E-state index is 12.7. The third-order valence-electron chi connectivity index (χ3n) is 4.12. The van der Waals surface area contributed by atoms with Crippen molar-refractivity contribution in [2.45, 2.75) is 19.4 Å². The molecule has 0 saturated carbocycles. The summed E-state index contributed by atoms with van der Waals surface area (Å²) in [5.74, 6) is -1.88. The second kappa shape index (κ2) is 6.97. The first kappa shape index (κ1) is 18.2. The van der Waals surface area contributed by atoms with Gasteiger partial charge in [-0.15, -0.1) is 0 Å². The molecule has 1 heterocycles. The van der Waals surface area contributed by atoms with E-state index >= 15 is 0 Å².